The molecule has 2 atom stereocenters. The van der Waals surface area contributed by atoms with Crippen LogP contribution in [0.4, 0.5) is 10.7 Å². The highest BCUT2D eigenvalue weighted by Crippen LogP contribution is 2.33. The Balaban J connectivity index is 2.11. The molecule has 1 aromatic heterocycles. The lowest BCUT2D eigenvalue weighted by molar-refractivity contribution is -0.121. The van der Waals surface area contributed by atoms with E-state index in [1.807, 2.05) is 0 Å². The third-order valence-electron chi connectivity index (χ3n) is 4.34. The van der Waals surface area contributed by atoms with Gasteiger partial charge in [-0.2, -0.15) is 14.5 Å². The third-order valence-corrected chi connectivity index (χ3v) is 4.93. The fourth-order valence-electron chi connectivity index (χ4n) is 3.03. The average Bonchev–Trinajstić information content (AvgIpc) is 2.84. The number of halogens is 2. The van der Waals surface area contributed by atoms with Crippen molar-refractivity contribution in [1.29, 1.82) is 0 Å². The molecule has 2 heterocycles. The van der Waals surface area contributed by atoms with Gasteiger partial charge in [0.05, 0.1) is 5.02 Å². The van der Waals surface area contributed by atoms with E-state index in [1.54, 1.807) is 43.7 Å². The van der Waals surface area contributed by atoms with Crippen molar-refractivity contribution >= 4 is 41.1 Å². The van der Waals surface area contributed by atoms with Crippen LogP contribution in [0.15, 0.2) is 36.7 Å². The van der Waals surface area contributed by atoms with Crippen molar-refractivity contribution in [3.8, 4) is 0 Å². The molecule has 9 heteroatoms. The first-order valence-corrected chi connectivity index (χ1v) is 8.26. The van der Waals surface area contributed by atoms with Crippen LogP contribution in [-0.4, -0.2) is 46.4 Å². The van der Waals surface area contributed by atoms with Crippen LogP contribution in [0.25, 0.3) is 0 Å². The summed E-state index contributed by atoms with van der Waals surface area (Å²) in [5.41, 5.74) is 6.17. The molecular weight excluding hydrogens is 365 g/mol. The number of quaternary nitrogens is 1. The zero-order valence-corrected chi connectivity index (χ0v) is 14.9. The Hall–Kier alpha value is -2.22. The van der Waals surface area contributed by atoms with Gasteiger partial charge < -0.3 is 5.73 Å². The van der Waals surface area contributed by atoms with Gasteiger partial charge in [-0.05, 0) is 18.2 Å². The van der Waals surface area contributed by atoms with Crippen LogP contribution in [0, 0.1) is 0 Å². The number of rotatable bonds is 4. The number of nitrogens with zero attached hydrogens (tertiary/aromatic N) is 4. The van der Waals surface area contributed by atoms with Crippen LogP contribution in [0.5, 0.6) is 0 Å². The summed E-state index contributed by atoms with van der Waals surface area (Å²) in [5.74, 6) is -0.289. The van der Waals surface area contributed by atoms with Gasteiger partial charge in [-0.3, -0.25) is 9.69 Å². The normalized spacial score (nSPS) is 23.1. The first-order valence-electron chi connectivity index (χ1n) is 7.50. The fourth-order valence-corrected chi connectivity index (χ4v) is 3.50. The lowest BCUT2D eigenvalue weighted by atomic mass is 10.1. The second-order valence-electron chi connectivity index (χ2n) is 5.90. The van der Waals surface area contributed by atoms with Crippen molar-refractivity contribution < 1.29 is 9.59 Å². The van der Waals surface area contributed by atoms with E-state index >= 15 is 0 Å². The molecule has 0 radical (unpaired) electrons. The van der Waals surface area contributed by atoms with Gasteiger partial charge in [0.1, 0.15) is 13.1 Å². The van der Waals surface area contributed by atoms with Crippen LogP contribution in [0.3, 0.4) is 0 Å². The van der Waals surface area contributed by atoms with Gasteiger partial charge in [0, 0.05) is 30.0 Å². The molecule has 1 aromatic carbocycles. The zero-order valence-electron chi connectivity index (χ0n) is 13.4. The summed E-state index contributed by atoms with van der Waals surface area (Å²) in [6.45, 7) is 0.320. The number of hydrogen-bond acceptors (Lipinski definition) is 4. The van der Waals surface area contributed by atoms with Crippen molar-refractivity contribution in [3.05, 3.63) is 52.3 Å². The molecule has 7 nitrogen and oxygen atoms in total. The first-order chi connectivity index (χ1) is 11.8. The van der Waals surface area contributed by atoms with E-state index in [1.165, 1.54) is 4.90 Å². The van der Waals surface area contributed by atoms with Gasteiger partial charge in [-0.15, -0.1) is 0 Å². The maximum Gasteiger partial charge on any atom is 0.427 e. The number of aromatic nitrogens is 2. The monoisotopic (exact) mass is 380 g/mol. The Kier molecular flexibility index (Phi) is 4.64. The number of urea groups is 1. The van der Waals surface area contributed by atoms with E-state index in [0.29, 0.717) is 15.6 Å². The fraction of sp³-hybridized carbons (Fsp3) is 0.250. The summed E-state index contributed by atoms with van der Waals surface area (Å²) in [6.07, 6.45) is 3.10. The number of amides is 3. The van der Waals surface area contributed by atoms with Crippen LogP contribution in [-0.2, 0) is 11.3 Å². The van der Waals surface area contributed by atoms with Crippen LogP contribution in [0.2, 0.25) is 10.0 Å². The predicted octanol–water partition coefficient (Wildman–Crippen LogP) is 2.21. The molecule has 3 amide bonds. The van der Waals surface area contributed by atoms with Crippen LogP contribution in [0.1, 0.15) is 5.56 Å². The standard InChI is InChI=1S/C16H15Cl2N5O2/c1-22-13(14(19)24)9-23(16(22)25,15-20-5-2-6-21-15)8-10-3-4-11(17)7-12(10)18/h2-7,13H,8-9H2,1H3,(H-,19,24)/p+1. The number of likely N-dealkylation sites (N-methyl/N-ethyl adjacent to an activating group) is 1. The highest BCUT2D eigenvalue weighted by Gasteiger charge is 2.56. The molecule has 2 N–H and O–H groups in total. The highest BCUT2D eigenvalue weighted by atomic mass is 35.5. The Morgan fingerprint density at radius 2 is 2.04 bits per heavy atom. The summed E-state index contributed by atoms with van der Waals surface area (Å²) in [6, 6.07) is 5.64. The van der Waals surface area contributed by atoms with E-state index in [4.69, 9.17) is 28.9 Å². The van der Waals surface area contributed by atoms with E-state index in [9.17, 15) is 9.59 Å². The molecule has 1 aliphatic rings. The molecule has 2 aromatic rings. The molecule has 1 aliphatic heterocycles. The van der Waals surface area contributed by atoms with Crippen LogP contribution < -0.4 is 10.2 Å². The molecule has 0 saturated carbocycles. The van der Waals surface area contributed by atoms with Crippen molar-refractivity contribution in [1.82, 2.24) is 19.4 Å². The van der Waals surface area contributed by atoms with Gasteiger partial charge in [0.15, 0.2) is 6.04 Å². The number of primary amides is 1. The van der Waals surface area contributed by atoms with Crippen molar-refractivity contribution in [2.45, 2.75) is 12.6 Å². The first kappa shape index (κ1) is 17.6. The predicted molar refractivity (Wildman–Crippen MR) is 95.0 cm³/mol. The molecule has 0 bridgehead atoms. The maximum atomic E-state index is 13.1. The summed E-state index contributed by atoms with van der Waals surface area (Å²) in [4.78, 5) is 34.7. The molecular formula is C16H16Cl2N5O2+. The van der Waals surface area contributed by atoms with Crippen molar-refractivity contribution in [2.75, 3.05) is 13.6 Å². The van der Waals surface area contributed by atoms with Crippen molar-refractivity contribution in [3.63, 3.8) is 0 Å². The quantitative estimate of drug-likeness (QED) is 0.823. The van der Waals surface area contributed by atoms with E-state index in [2.05, 4.69) is 9.97 Å². The van der Waals surface area contributed by atoms with E-state index in [0.717, 1.165) is 0 Å². The van der Waals surface area contributed by atoms with Crippen molar-refractivity contribution in [2.24, 2.45) is 5.73 Å². The number of carbonyl (C=O) groups is 2. The van der Waals surface area contributed by atoms with Gasteiger partial charge in [-0.25, -0.2) is 4.79 Å². The zero-order chi connectivity index (χ0) is 18.2. The minimum absolute atomic E-state index is 0.133. The number of benzene rings is 1. The molecule has 3 rings (SSSR count). The van der Waals surface area contributed by atoms with Crippen LogP contribution >= 0.6 is 23.2 Å². The average molecular weight is 381 g/mol. The molecule has 2 unspecified atom stereocenters. The third kappa shape index (κ3) is 3.06. The molecule has 0 spiro atoms. The molecule has 1 fully saturated rings. The molecule has 0 aliphatic carbocycles. The minimum atomic E-state index is -0.748. The maximum absolute atomic E-state index is 13.1. The topological polar surface area (TPSA) is 89.2 Å². The van der Waals surface area contributed by atoms with Gasteiger partial charge in [0.25, 0.3) is 0 Å². The van der Waals surface area contributed by atoms with Gasteiger partial charge in [-0.1, -0.05) is 29.3 Å². The lowest BCUT2D eigenvalue weighted by Gasteiger charge is -2.27. The summed E-state index contributed by atoms with van der Waals surface area (Å²) in [7, 11) is 1.55. The minimum Gasteiger partial charge on any atom is -0.368 e. The summed E-state index contributed by atoms with van der Waals surface area (Å²) in [5, 5.41) is 0.926. The smallest absolute Gasteiger partial charge is 0.368 e. The van der Waals surface area contributed by atoms with Gasteiger partial charge in [0.2, 0.25) is 5.91 Å². The summed E-state index contributed by atoms with van der Waals surface area (Å²) >= 11 is 12.2. The number of hydrogen-bond donors (Lipinski definition) is 1. The Morgan fingerprint density at radius 3 is 2.60 bits per heavy atom. The van der Waals surface area contributed by atoms with Gasteiger partial charge >= 0.3 is 12.0 Å². The molecule has 25 heavy (non-hydrogen) atoms. The largest absolute Gasteiger partial charge is 0.427 e. The molecule has 1 saturated heterocycles. The SMILES string of the molecule is CN1C(=O)[N+](Cc2ccc(Cl)cc2Cl)(c2ncccn2)CC1C(N)=O. The van der Waals surface area contributed by atoms with E-state index < -0.39 is 11.9 Å². The summed E-state index contributed by atoms with van der Waals surface area (Å²) < 4.78 is -0.272. The molecule has 130 valence electrons. The highest BCUT2D eigenvalue weighted by molar-refractivity contribution is 6.35. The lowest BCUT2D eigenvalue weighted by Crippen LogP contribution is -2.52. The second kappa shape index (κ2) is 6.59. The Bertz CT molecular complexity index is 833. The Morgan fingerprint density at radius 1 is 1.36 bits per heavy atom. The Labute approximate surface area is 154 Å². The number of nitrogens with two attached hydrogens (primary N) is 1. The van der Waals surface area contributed by atoms with E-state index in [-0.39, 0.29) is 29.6 Å². The second-order valence-corrected chi connectivity index (χ2v) is 6.75. The number of carbonyl (C=O) groups excluding carboxylic acids is 2.